The molecule has 1 aromatic carbocycles. The van der Waals surface area contributed by atoms with E-state index in [1.165, 1.54) is 0 Å². The number of carboxylic acid groups (broad SMARTS) is 2. The molecule has 0 fully saturated rings. The zero-order valence-corrected chi connectivity index (χ0v) is 27.3. The quantitative estimate of drug-likeness (QED) is 0.0543. The number of thiocarbonyl (C=S) groups is 1. The van der Waals surface area contributed by atoms with E-state index in [0.717, 1.165) is 43.6 Å². The summed E-state index contributed by atoms with van der Waals surface area (Å²) >= 11 is 5.36. The number of carboxylic acids is 2. The maximum absolute atomic E-state index is 12.6. The van der Waals surface area contributed by atoms with Gasteiger partial charge in [0.05, 0.1) is 0 Å². The van der Waals surface area contributed by atoms with Gasteiger partial charge < -0.3 is 53.6 Å². The second-order valence-corrected chi connectivity index (χ2v) is 11.3. The molecule has 0 aliphatic carbocycles. The highest BCUT2D eigenvalue weighted by atomic mass is 32.1. The molecule has 3 atom stereocenters. The summed E-state index contributed by atoms with van der Waals surface area (Å²) in [5.74, 6) is -3.19. The number of nitrogens with two attached hydrogens (primary N) is 2. The molecule has 3 unspecified atom stereocenters. The van der Waals surface area contributed by atoms with Crippen molar-refractivity contribution in [3.63, 3.8) is 0 Å². The molecular formula is C30H50N8O7S. The number of hydrogen-bond acceptors (Lipinski definition) is 8. The highest BCUT2D eigenvalue weighted by molar-refractivity contribution is 7.80. The number of likely N-dealkylation sites (N-methyl/N-ethyl adjacent to an activating group) is 1. The molecule has 0 heterocycles. The molecule has 4 amide bonds. The van der Waals surface area contributed by atoms with Crippen LogP contribution in [0.15, 0.2) is 24.3 Å². The second kappa shape index (κ2) is 23.3. The summed E-state index contributed by atoms with van der Waals surface area (Å²) in [5, 5.41) is 35.6. The average Bonchev–Trinajstić information content (AvgIpc) is 2.99. The first-order chi connectivity index (χ1) is 21.9. The summed E-state index contributed by atoms with van der Waals surface area (Å²) in [6.07, 6.45) is 3.55. The Labute approximate surface area is 275 Å². The van der Waals surface area contributed by atoms with E-state index in [1.54, 1.807) is 0 Å². The van der Waals surface area contributed by atoms with Crippen LogP contribution in [-0.2, 0) is 25.6 Å². The first-order valence-corrected chi connectivity index (χ1v) is 16.0. The van der Waals surface area contributed by atoms with Gasteiger partial charge in [0.25, 0.3) is 0 Å². The van der Waals surface area contributed by atoms with Crippen LogP contribution < -0.4 is 43.4 Å². The van der Waals surface area contributed by atoms with Crippen molar-refractivity contribution in [2.24, 2.45) is 11.5 Å². The number of carbonyl (C=O) groups excluding carboxylic acids is 3. The summed E-state index contributed by atoms with van der Waals surface area (Å²) < 4.78 is 0. The molecule has 1 aromatic rings. The molecule has 1 rings (SSSR count). The number of unbranched alkanes of at least 4 members (excludes halogenated alkanes) is 3. The van der Waals surface area contributed by atoms with Crippen LogP contribution in [0.2, 0.25) is 0 Å². The number of primary amides is 1. The van der Waals surface area contributed by atoms with Crippen molar-refractivity contribution in [2.45, 2.75) is 89.3 Å². The van der Waals surface area contributed by atoms with Crippen molar-refractivity contribution in [1.29, 1.82) is 0 Å². The van der Waals surface area contributed by atoms with Crippen LogP contribution in [0, 0.1) is 0 Å². The van der Waals surface area contributed by atoms with Gasteiger partial charge in [-0.1, -0.05) is 25.5 Å². The lowest BCUT2D eigenvalue weighted by atomic mass is 10.1. The molecule has 16 heteroatoms. The lowest BCUT2D eigenvalue weighted by molar-refractivity contribution is -0.139. The molecule has 0 aliphatic rings. The molecule has 0 aliphatic heterocycles. The second-order valence-electron chi connectivity index (χ2n) is 10.9. The Morgan fingerprint density at radius 3 is 2.15 bits per heavy atom. The Bertz CT molecular complexity index is 1120. The van der Waals surface area contributed by atoms with Crippen molar-refractivity contribution in [3.05, 3.63) is 29.8 Å². The Morgan fingerprint density at radius 1 is 0.848 bits per heavy atom. The maximum Gasteiger partial charge on any atom is 0.326 e. The monoisotopic (exact) mass is 666 g/mol. The topological polar surface area (TPSA) is 250 Å². The fraction of sp³-hybridized carbons (Fsp3) is 0.600. The summed E-state index contributed by atoms with van der Waals surface area (Å²) in [4.78, 5) is 58.2. The van der Waals surface area contributed by atoms with E-state index < -0.39 is 36.0 Å². The number of hydrogen-bond donors (Lipinski definition) is 10. The van der Waals surface area contributed by atoms with E-state index in [4.69, 9.17) is 33.9 Å². The normalized spacial score (nSPS) is 12.7. The molecular weight excluding hydrogens is 616 g/mol. The van der Waals surface area contributed by atoms with Crippen LogP contribution in [0.3, 0.4) is 0 Å². The molecule has 0 aromatic heterocycles. The largest absolute Gasteiger partial charge is 0.481 e. The number of aliphatic carboxylic acids is 2. The Hall–Kier alpha value is -4.02. The first kappa shape index (κ1) is 40.0. The fourth-order valence-corrected chi connectivity index (χ4v) is 4.65. The van der Waals surface area contributed by atoms with Crippen LogP contribution in [0.4, 0.5) is 10.5 Å². The summed E-state index contributed by atoms with van der Waals surface area (Å²) in [5.41, 5.74) is 13.1. The molecule has 46 heavy (non-hydrogen) atoms. The highest BCUT2D eigenvalue weighted by Gasteiger charge is 2.22. The third-order valence-electron chi connectivity index (χ3n) is 6.86. The van der Waals surface area contributed by atoms with E-state index in [-0.39, 0.29) is 44.2 Å². The average molecular weight is 667 g/mol. The molecule has 0 saturated heterocycles. The highest BCUT2D eigenvalue weighted by Crippen LogP contribution is 2.11. The number of benzene rings is 1. The van der Waals surface area contributed by atoms with Crippen molar-refractivity contribution in [3.8, 4) is 0 Å². The van der Waals surface area contributed by atoms with E-state index in [2.05, 4.69) is 31.9 Å². The summed E-state index contributed by atoms with van der Waals surface area (Å²) in [7, 11) is 0. The lowest BCUT2D eigenvalue weighted by Crippen LogP contribution is -2.47. The van der Waals surface area contributed by atoms with Crippen LogP contribution in [0.25, 0.3) is 0 Å². The van der Waals surface area contributed by atoms with Gasteiger partial charge in [0.1, 0.15) is 12.1 Å². The SMILES string of the molecule is CCNCC(N)Cc1ccc(NC(=S)NCCCCCC(=O)NC(CCC(=O)O)C(=O)NCCCCC(NC(N)=O)C(=O)O)cc1. The van der Waals surface area contributed by atoms with Crippen molar-refractivity contribution >= 4 is 52.8 Å². The Morgan fingerprint density at radius 2 is 1.52 bits per heavy atom. The molecule has 0 radical (unpaired) electrons. The van der Waals surface area contributed by atoms with Gasteiger partial charge in [-0.05, 0) is 81.4 Å². The van der Waals surface area contributed by atoms with E-state index in [0.29, 0.717) is 30.9 Å². The number of amides is 4. The molecule has 15 nitrogen and oxygen atoms in total. The zero-order valence-electron chi connectivity index (χ0n) is 26.4. The van der Waals surface area contributed by atoms with Gasteiger partial charge >= 0.3 is 18.0 Å². The standard InChI is InChI=1S/C30H50N8O7S/c1-2-33-19-21(31)18-20-10-12-22(13-11-20)36-30(46)35-17-6-3-4-9-25(39)37-23(14-15-26(40)41)27(42)34-16-7-5-8-24(28(43)44)38-29(32)45/h10-13,21,23-24,33H,2-9,14-19,31H2,1H3,(H,34,42)(H,37,39)(H,40,41)(H,43,44)(H3,32,38,45)(H2,35,36,46). The molecule has 12 N–H and O–H groups in total. The number of anilines is 1. The number of carbonyl (C=O) groups is 5. The third kappa shape index (κ3) is 19.4. The fourth-order valence-electron chi connectivity index (χ4n) is 4.43. The van der Waals surface area contributed by atoms with Gasteiger partial charge in [-0.3, -0.25) is 14.4 Å². The summed E-state index contributed by atoms with van der Waals surface area (Å²) in [6.45, 7) is 4.49. The van der Waals surface area contributed by atoms with Crippen molar-refractivity contribution in [2.75, 3.05) is 31.5 Å². The third-order valence-corrected chi connectivity index (χ3v) is 7.11. The molecule has 0 spiro atoms. The van der Waals surface area contributed by atoms with Crippen LogP contribution >= 0.6 is 12.2 Å². The van der Waals surface area contributed by atoms with Gasteiger partial charge in [0, 0.05) is 44.2 Å². The van der Waals surface area contributed by atoms with Gasteiger partial charge in [0.2, 0.25) is 11.8 Å². The van der Waals surface area contributed by atoms with Crippen molar-refractivity contribution in [1.82, 2.24) is 26.6 Å². The van der Waals surface area contributed by atoms with Crippen LogP contribution in [-0.4, -0.2) is 89.4 Å². The van der Waals surface area contributed by atoms with Gasteiger partial charge in [-0.15, -0.1) is 0 Å². The molecule has 258 valence electrons. The van der Waals surface area contributed by atoms with Gasteiger partial charge in [-0.2, -0.15) is 0 Å². The minimum absolute atomic E-state index is 0.0510. The Kier molecular flexibility index (Phi) is 20.3. The van der Waals surface area contributed by atoms with Crippen LogP contribution in [0.1, 0.15) is 70.3 Å². The predicted octanol–water partition coefficient (Wildman–Crippen LogP) is 0.770. The maximum atomic E-state index is 12.6. The minimum atomic E-state index is -1.22. The predicted molar refractivity (Wildman–Crippen MR) is 179 cm³/mol. The van der Waals surface area contributed by atoms with Gasteiger partial charge in [-0.25, -0.2) is 9.59 Å². The zero-order chi connectivity index (χ0) is 34.3. The van der Waals surface area contributed by atoms with E-state index >= 15 is 0 Å². The van der Waals surface area contributed by atoms with Gasteiger partial charge in [0.15, 0.2) is 5.11 Å². The minimum Gasteiger partial charge on any atom is -0.481 e. The van der Waals surface area contributed by atoms with Crippen LogP contribution in [0.5, 0.6) is 0 Å². The lowest BCUT2D eigenvalue weighted by Gasteiger charge is -2.18. The number of rotatable bonds is 24. The first-order valence-electron chi connectivity index (χ1n) is 15.6. The molecule has 0 saturated carbocycles. The number of urea groups is 1. The smallest absolute Gasteiger partial charge is 0.326 e. The van der Waals surface area contributed by atoms with Crippen molar-refractivity contribution < 1.29 is 34.2 Å². The Balaban J connectivity index is 2.32. The van der Waals surface area contributed by atoms with E-state index in [1.807, 2.05) is 31.2 Å². The number of nitrogens with one attached hydrogen (secondary N) is 6. The molecule has 0 bridgehead atoms. The van der Waals surface area contributed by atoms with E-state index in [9.17, 15) is 24.0 Å². The summed E-state index contributed by atoms with van der Waals surface area (Å²) in [6, 6.07) is 4.91.